The Bertz CT molecular complexity index is 359. The fourth-order valence-electron chi connectivity index (χ4n) is 1.83. The molecular weight excluding hydrogens is 226 g/mol. The monoisotopic (exact) mass is 249 g/mol. The molecule has 1 amide bonds. The molecule has 100 valence electrons. The van der Waals surface area contributed by atoms with Gasteiger partial charge < -0.3 is 10.5 Å². The van der Waals surface area contributed by atoms with E-state index < -0.39 is 5.91 Å². The van der Waals surface area contributed by atoms with Crippen molar-refractivity contribution >= 4 is 5.91 Å². The van der Waals surface area contributed by atoms with Gasteiger partial charge >= 0.3 is 0 Å². The molecule has 0 aliphatic carbocycles. The number of hydrogen-bond donors (Lipinski definition) is 1. The van der Waals surface area contributed by atoms with Crippen LogP contribution in [0.25, 0.3) is 0 Å². The van der Waals surface area contributed by atoms with E-state index in [4.69, 9.17) is 10.5 Å². The van der Waals surface area contributed by atoms with Crippen LogP contribution in [0.5, 0.6) is 5.75 Å². The molecule has 0 bridgehead atoms. The first-order chi connectivity index (χ1) is 8.67. The molecular formula is C15H23NO2. The molecule has 3 nitrogen and oxygen atoms in total. The fourth-order valence-corrected chi connectivity index (χ4v) is 1.83. The van der Waals surface area contributed by atoms with Gasteiger partial charge in [-0.15, -0.1) is 0 Å². The summed E-state index contributed by atoms with van der Waals surface area (Å²) in [7, 11) is 0. The third-order valence-corrected chi connectivity index (χ3v) is 3.17. The van der Waals surface area contributed by atoms with Crippen LogP contribution in [0.1, 0.15) is 49.9 Å². The molecule has 3 heteroatoms. The van der Waals surface area contributed by atoms with Crippen LogP contribution in [-0.2, 0) is 0 Å². The molecule has 0 fully saturated rings. The smallest absolute Gasteiger partial charge is 0.248 e. The van der Waals surface area contributed by atoms with E-state index in [1.165, 1.54) is 19.3 Å². The van der Waals surface area contributed by atoms with Crippen molar-refractivity contribution in [1.82, 2.24) is 0 Å². The molecule has 18 heavy (non-hydrogen) atoms. The number of rotatable bonds is 8. The second-order valence-electron chi connectivity index (χ2n) is 4.62. The summed E-state index contributed by atoms with van der Waals surface area (Å²) in [6.45, 7) is 5.14. The van der Waals surface area contributed by atoms with Crippen molar-refractivity contribution in [2.24, 2.45) is 11.7 Å². The molecule has 0 aliphatic rings. The Kier molecular flexibility index (Phi) is 6.26. The molecule has 1 rings (SSSR count). The van der Waals surface area contributed by atoms with Gasteiger partial charge in [0.05, 0.1) is 6.61 Å². The quantitative estimate of drug-likeness (QED) is 0.767. The zero-order chi connectivity index (χ0) is 13.4. The van der Waals surface area contributed by atoms with Crippen LogP contribution in [0.2, 0.25) is 0 Å². The van der Waals surface area contributed by atoms with Crippen molar-refractivity contribution in [1.29, 1.82) is 0 Å². The number of carbonyl (C=O) groups excluding carboxylic acids is 1. The van der Waals surface area contributed by atoms with Crippen LogP contribution < -0.4 is 10.5 Å². The number of benzene rings is 1. The SMILES string of the molecule is CCCCC(CC)COc1ccc(C(N)=O)cc1. The number of ether oxygens (including phenoxy) is 1. The highest BCUT2D eigenvalue weighted by Crippen LogP contribution is 2.17. The molecule has 0 saturated carbocycles. The first kappa shape index (κ1) is 14.6. The maximum atomic E-state index is 10.9. The Balaban J connectivity index is 2.44. The minimum atomic E-state index is -0.407. The lowest BCUT2D eigenvalue weighted by Gasteiger charge is -2.15. The lowest BCUT2D eigenvalue weighted by atomic mass is 10.0. The van der Waals surface area contributed by atoms with Gasteiger partial charge in [0.25, 0.3) is 0 Å². The van der Waals surface area contributed by atoms with E-state index in [2.05, 4.69) is 13.8 Å². The van der Waals surface area contributed by atoms with Gasteiger partial charge in [-0.25, -0.2) is 0 Å². The highest BCUT2D eigenvalue weighted by Gasteiger charge is 2.07. The standard InChI is InChI=1S/C15H23NO2/c1-3-5-6-12(4-2)11-18-14-9-7-13(8-10-14)15(16)17/h7-10,12H,3-6,11H2,1-2H3,(H2,16,17). The molecule has 1 aromatic rings. The largest absolute Gasteiger partial charge is 0.493 e. The number of hydrogen-bond acceptors (Lipinski definition) is 2. The average Bonchev–Trinajstić information content (AvgIpc) is 2.39. The van der Waals surface area contributed by atoms with E-state index in [0.29, 0.717) is 11.5 Å². The lowest BCUT2D eigenvalue weighted by Crippen LogP contribution is -2.12. The Morgan fingerprint density at radius 1 is 1.28 bits per heavy atom. The van der Waals surface area contributed by atoms with E-state index >= 15 is 0 Å². The van der Waals surface area contributed by atoms with Gasteiger partial charge in [0.15, 0.2) is 0 Å². The molecule has 0 radical (unpaired) electrons. The summed E-state index contributed by atoms with van der Waals surface area (Å²) in [6.07, 6.45) is 4.83. The molecule has 0 spiro atoms. The second-order valence-corrected chi connectivity index (χ2v) is 4.62. The van der Waals surface area contributed by atoms with E-state index in [1.807, 2.05) is 0 Å². The highest BCUT2D eigenvalue weighted by molar-refractivity contribution is 5.92. The van der Waals surface area contributed by atoms with Crippen molar-refractivity contribution in [3.63, 3.8) is 0 Å². The van der Waals surface area contributed by atoms with Crippen LogP contribution in [0.15, 0.2) is 24.3 Å². The number of primary amides is 1. The number of carbonyl (C=O) groups is 1. The molecule has 1 atom stereocenters. The lowest BCUT2D eigenvalue weighted by molar-refractivity contribution is 0.1000. The van der Waals surface area contributed by atoms with Crippen molar-refractivity contribution in [3.05, 3.63) is 29.8 Å². The average molecular weight is 249 g/mol. The maximum Gasteiger partial charge on any atom is 0.248 e. The minimum Gasteiger partial charge on any atom is -0.493 e. The van der Waals surface area contributed by atoms with E-state index in [1.54, 1.807) is 24.3 Å². The zero-order valence-corrected chi connectivity index (χ0v) is 11.3. The molecule has 1 unspecified atom stereocenters. The summed E-state index contributed by atoms with van der Waals surface area (Å²) < 4.78 is 5.74. The first-order valence-corrected chi connectivity index (χ1v) is 6.70. The highest BCUT2D eigenvalue weighted by atomic mass is 16.5. The molecule has 1 aromatic carbocycles. The molecule has 0 saturated heterocycles. The van der Waals surface area contributed by atoms with Gasteiger partial charge in [-0.3, -0.25) is 4.79 Å². The summed E-state index contributed by atoms with van der Waals surface area (Å²) in [6, 6.07) is 6.99. The second kappa shape index (κ2) is 7.75. The molecule has 0 aromatic heterocycles. The Morgan fingerprint density at radius 3 is 2.44 bits per heavy atom. The van der Waals surface area contributed by atoms with Gasteiger partial charge in [-0.05, 0) is 36.6 Å². The summed E-state index contributed by atoms with van der Waals surface area (Å²) >= 11 is 0. The number of unbranched alkanes of at least 4 members (excludes halogenated alkanes) is 1. The third kappa shape index (κ3) is 4.78. The van der Waals surface area contributed by atoms with E-state index in [0.717, 1.165) is 18.8 Å². The summed E-state index contributed by atoms with van der Waals surface area (Å²) in [5.41, 5.74) is 5.70. The van der Waals surface area contributed by atoms with Gasteiger partial charge in [0.1, 0.15) is 5.75 Å². The molecule has 2 N–H and O–H groups in total. The summed E-state index contributed by atoms with van der Waals surface area (Å²) in [5.74, 6) is 1.01. The maximum absolute atomic E-state index is 10.9. The summed E-state index contributed by atoms with van der Waals surface area (Å²) in [5, 5.41) is 0. The van der Waals surface area contributed by atoms with Gasteiger partial charge in [0, 0.05) is 5.56 Å². The number of amides is 1. The predicted octanol–water partition coefficient (Wildman–Crippen LogP) is 3.38. The Hall–Kier alpha value is -1.51. The van der Waals surface area contributed by atoms with Crippen molar-refractivity contribution < 1.29 is 9.53 Å². The van der Waals surface area contributed by atoms with Crippen LogP contribution >= 0.6 is 0 Å². The van der Waals surface area contributed by atoms with Gasteiger partial charge in [0.2, 0.25) is 5.91 Å². The van der Waals surface area contributed by atoms with Crippen LogP contribution in [0, 0.1) is 5.92 Å². The van der Waals surface area contributed by atoms with Crippen molar-refractivity contribution in [2.75, 3.05) is 6.61 Å². The predicted molar refractivity (Wildman–Crippen MR) is 73.8 cm³/mol. The third-order valence-electron chi connectivity index (χ3n) is 3.17. The van der Waals surface area contributed by atoms with Gasteiger partial charge in [-0.2, -0.15) is 0 Å². The summed E-state index contributed by atoms with van der Waals surface area (Å²) in [4.78, 5) is 10.9. The first-order valence-electron chi connectivity index (χ1n) is 6.70. The van der Waals surface area contributed by atoms with Crippen LogP contribution in [-0.4, -0.2) is 12.5 Å². The fraction of sp³-hybridized carbons (Fsp3) is 0.533. The Morgan fingerprint density at radius 2 is 1.94 bits per heavy atom. The van der Waals surface area contributed by atoms with Crippen LogP contribution in [0.3, 0.4) is 0 Å². The topological polar surface area (TPSA) is 52.3 Å². The normalized spacial score (nSPS) is 12.1. The molecule has 0 heterocycles. The van der Waals surface area contributed by atoms with E-state index in [-0.39, 0.29) is 0 Å². The minimum absolute atomic E-state index is 0.407. The van der Waals surface area contributed by atoms with E-state index in [9.17, 15) is 4.79 Å². The van der Waals surface area contributed by atoms with Gasteiger partial charge in [-0.1, -0.05) is 33.1 Å². The zero-order valence-electron chi connectivity index (χ0n) is 11.3. The number of nitrogens with two attached hydrogens (primary N) is 1. The molecule has 0 aliphatic heterocycles. The van der Waals surface area contributed by atoms with Crippen molar-refractivity contribution in [2.45, 2.75) is 39.5 Å². The van der Waals surface area contributed by atoms with Crippen LogP contribution in [0.4, 0.5) is 0 Å². The van der Waals surface area contributed by atoms with Crippen molar-refractivity contribution in [3.8, 4) is 5.75 Å². The Labute approximate surface area is 109 Å².